The molecule has 1 fully saturated rings. The van der Waals surface area contributed by atoms with E-state index in [1.54, 1.807) is 0 Å². The molecule has 1 heterocycles. The van der Waals surface area contributed by atoms with Crippen molar-refractivity contribution >= 4 is 6.29 Å². The smallest absolute Gasteiger partial charge is 0.159 e. The first-order chi connectivity index (χ1) is 12.3. The van der Waals surface area contributed by atoms with Gasteiger partial charge >= 0.3 is 0 Å². The number of carbonyl (C=O) groups is 1. The zero-order valence-corrected chi connectivity index (χ0v) is 16.9. The second-order valence-electron chi connectivity index (χ2n) is 8.30. The molecule has 1 saturated heterocycles. The van der Waals surface area contributed by atoms with E-state index in [0.29, 0.717) is 32.8 Å². The quantitative estimate of drug-likeness (QED) is 0.282. The van der Waals surface area contributed by atoms with Gasteiger partial charge in [-0.2, -0.15) is 0 Å². The van der Waals surface area contributed by atoms with Gasteiger partial charge in [-0.05, 0) is 32.1 Å². The van der Waals surface area contributed by atoms with E-state index < -0.39 is 0 Å². The highest BCUT2D eigenvalue weighted by Gasteiger charge is 2.31. The lowest BCUT2D eigenvalue weighted by Crippen LogP contribution is -2.37. The summed E-state index contributed by atoms with van der Waals surface area (Å²) in [7, 11) is 0. The Balaban J connectivity index is 2.17. The molecule has 1 rings (SSSR count). The van der Waals surface area contributed by atoms with Crippen molar-refractivity contribution in [3.8, 4) is 12.3 Å². The molecule has 0 aliphatic carbocycles. The van der Waals surface area contributed by atoms with Crippen LogP contribution in [-0.2, 0) is 23.7 Å². The molecule has 0 saturated carbocycles. The third kappa shape index (κ3) is 9.14. The second-order valence-corrected chi connectivity index (χ2v) is 8.30. The first-order valence-corrected chi connectivity index (χ1v) is 9.66. The van der Waals surface area contributed by atoms with E-state index in [-0.39, 0.29) is 23.2 Å². The minimum absolute atomic E-state index is 0.186. The molecule has 0 N–H and O–H groups in total. The van der Waals surface area contributed by atoms with Crippen LogP contribution in [0.4, 0.5) is 0 Å². The average Bonchev–Trinajstić information content (AvgIpc) is 2.62. The van der Waals surface area contributed by atoms with Crippen molar-refractivity contribution in [1.29, 1.82) is 0 Å². The standard InChI is InChI=1S/C21H36O5/c1-6-18(26-19-9-7-8-12-25-19)21(4,5)11-14-24-16-15-23-13-10-20(2,3)17-22/h1,17-19H,7-16H2,2-5H3. The van der Waals surface area contributed by atoms with Crippen LogP contribution in [0.5, 0.6) is 0 Å². The molecule has 2 unspecified atom stereocenters. The zero-order valence-electron chi connectivity index (χ0n) is 16.9. The summed E-state index contributed by atoms with van der Waals surface area (Å²) in [5.41, 5.74) is -0.512. The lowest BCUT2D eigenvalue weighted by atomic mass is 9.83. The van der Waals surface area contributed by atoms with E-state index in [9.17, 15) is 4.79 Å². The van der Waals surface area contributed by atoms with Crippen LogP contribution in [-0.4, -0.2) is 51.7 Å². The Labute approximate surface area is 159 Å². The average molecular weight is 369 g/mol. The molecular formula is C21H36O5. The van der Waals surface area contributed by atoms with E-state index in [1.807, 2.05) is 13.8 Å². The van der Waals surface area contributed by atoms with E-state index >= 15 is 0 Å². The van der Waals surface area contributed by atoms with Crippen molar-refractivity contribution in [2.24, 2.45) is 10.8 Å². The number of ether oxygens (including phenoxy) is 4. The number of terminal acetylenes is 1. The predicted molar refractivity (Wildman–Crippen MR) is 102 cm³/mol. The molecule has 150 valence electrons. The number of hydrogen-bond donors (Lipinski definition) is 0. The van der Waals surface area contributed by atoms with Crippen LogP contribution in [0.2, 0.25) is 0 Å². The van der Waals surface area contributed by atoms with Crippen LogP contribution in [0.25, 0.3) is 0 Å². The number of hydrogen-bond acceptors (Lipinski definition) is 5. The summed E-state index contributed by atoms with van der Waals surface area (Å²) in [6, 6.07) is 0. The first-order valence-electron chi connectivity index (χ1n) is 9.66. The molecule has 0 aromatic rings. The van der Waals surface area contributed by atoms with Crippen LogP contribution in [0, 0.1) is 23.2 Å². The van der Waals surface area contributed by atoms with Crippen molar-refractivity contribution < 1.29 is 23.7 Å². The molecule has 2 atom stereocenters. The van der Waals surface area contributed by atoms with Gasteiger partial charge in [-0.3, -0.25) is 0 Å². The fraction of sp³-hybridized carbons (Fsp3) is 0.857. The molecule has 0 bridgehead atoms. The summed E-state index contributed by atoms with van der Waals surface area (Å²) in [4.78, 5) is 10.8. The minimum atomic E-state index is -0.322. The Morgan fingerprint density at radius 3 is 2.31 bits per heavy atom. The van der Waals surface area contributed by atoms with Crippen molar-refractivity contribution in [1.82, 2.24) is 0 Å². The lowest BCUT2D eigenvalue weighted by molar-refractivity contribution is -0.196. The summed E-state index contributed by atoms with van der Waals surface area (Å²) in [5, 5.41) is 0. The van der Waals surface area contributed by atoms with Crippen LogP contribution in [0.3, 0.4) is 0 Å². The fourth-order valence-electron chi connectivity index (χ4n) is 2.60. The number of rotatable bonds is 13. The normalized spacial score (nSPS) is 19.7. The highest BCUT2D eigenvalue weighted by atomic mass is 16.7. The van der Waals surface area contributed by atoms with Gasteiger partial charge in [-0.25, -0.2) is 0 Å². The molecule has 5 heteroatoms. The summed E-state index contributed by atoms with van der Waals surface area (Å²) < 4.78 is 22.8. The molecule has 1 aliphatic heterocycles. The molecule has 0 radical (unpaired) electrons. The van der Waals surface area contributed by atoms with Crippen molar-refractivity contribution in [3.05, 3.63) is 0 Å². The van der Waals surface area contributed by atoms with Crippen molar-refractivity contribution in [3.63, 3.8) is 0 Å². The first kappa shape index (κ1) is 23.1. The van der Waals surface area contributed by atoms with E-state index in [2.05, 4.69) is 19.8 Å². The van der Waals surface area contributed by atoms with Gasteiger partial charge in [0.2, 0.25) is 0 Å². The van der Waals surface area contributed by atoms with Gasteiger partial charge in [0.15, 0.2) is 6.29 Å². The van der Waals surface area contributed by atoms with Gasteiger partial charge < -0.3 is 23.7 Å². The maximum Gasteiger partial charge on any atom is 0.159 e. The van der Waals surface area contributed by atoms with Gasteiger partial charge in [-0.1, -0.05) is 33.6 Å². The predicted octanol–water partition coefficient (Wildman–Crippen LogP) is 3.60. The molecular weight excluding hydrogens is 332 g/mol. The number of aldehydes is 1. The maximum absolute atomic E-state index is 10.8. The highest BCUT2D eigenvalue weighted by Crippen LogP contribution is 2.30. The van der Waals surface area contributed by atoms with Gasteiger partial charge in [0.25, 0.3) is 0 Å². The molecule has 1 aliphatic rings. The summed E-state index contributed by atoms with van der Waals surface area (Å²) in [6.07, 6.45) is 10.8. The van der Waals surface area contributed by atoms with Crippen LogP contribution in [0.15, 0.2) is 0 Å². The topological polar surface area (TPSA) is 54.0 Å². The Kier molecular flexibility index (Phi) is 10.4. The zero-order chi connectivity index (χ0) is 19.5. The molecule has 26 heavy (non-hydrogen) atoms. The van der Waals surface area contributed by atoms with Crippen molar-refractivity contribution in [2.45, 2.75) is 72.2 Å². The molecule has 0 amide bonds. The Hall–Kier alpha value is -0.930. The summed E-state index contributed by atoms with van der Waals surface area (Å²) in [6.45, 7) is 11.0. The Morgan fingerprint density at radius 2 is 1.77 bits per heavy atom. The molecule has 5 nitrogen and oxygen atoms in total. The third-order valence-electron chi connectivity index (χ3n) is 4.76. The molecule has 0 aromatic heterocycles. The minimum Gasteiger partial charge on any atom is -0.379 e. The molecule has 0 aromatic carbocycles. The third-order valence-corrected chi connectivity index (χ3v) is 4.76. The Bertz CT molecular complexity index is 432. The van der Waals surface area contributed by atoms with Gasteiger partial charge in [0.05, 0.1) is 13.2 Å². The lowest BCUT2D eigenvalue weighted by Gasteiger charge is -2.34. The van der Waals surface area contributed by atoms with E-state index in [0.717, 1.165) is 38.6 Å². The second kappa shape index (κ2) is 11.7. The monoisotopic (exact) mass is 368 g/mol. The SMILES string of the molecule is C#CC(OC1CCCCO1)C(C)(C)CCOCCOCCC(C)(C)C=O. The molecule has 0 spiro atoms. The van der Waals surface area contributed by atoms with E-state index in [1.165, 1.54) is 0 Å². The van der Waals surface area contributed by atoms with Crippen LogP contribution in [0.1, 0.15) is 59.8 Å². The fourth-order valence-corrected chi connectivity index (χ4v) is 2.60. The highest BCUT2D eigenvalue weighted by molar-refractivity contribution is 5.57. The largest absolute Gasteiger partial charge is 0.379 e. The van der Waals surface area contributed by atoms with Crippen molar-refractivity contribution in [2.75, 3.05) is 33.0 Å². The summed E-state index contributed by atoms with van der Waals surface area (Å²) >= 11 is 0. The van der Waals surface area contributed by atoms with Crippen LogP contribution < -0.4 is 0 Å². The van der Waals surface area contributed by atoms with Gasteiger partial charge in [0.1, 0.15) is 12.4 Å². The maximum atomic E-state index is 10.8. The summed E-state index contributed by atoms with van der Waals surface area (Å²) in [5.74, 6) is 2.77. The Morgan fingerprint density at radius 1 is 1.12 bits per heavy atom. The van der Waals surface area contributed by atoms with Gasteiger partial charge in [-0.15, -0.1) is 6.42 Å². The van der Waals surface area contributed by atoms with Crippen LogP contribution >= 0.6 is 0 Å². The number of carbonyl (C=O) groups excluding carboxylic acids is 1. The van der Waals surface area contributed by atoms with E-state index in [4.69, 9.17) is 25.4 Å². The van der Waals surface area contributed by atoms with Gasteiger partial charge in [0, 0.05) is 30.7 Å².